The fraction of sp³-hybridized carbons (Fsp3) is 0.381. The molecule has 2 aromatic carbocycles. The number of carbonyl (C=O) groups is 1. The summed E-state index contributed by atoms with van der Waals surface area (Å²) in [6.07, 6.45) is 0.955. The van der Waals surface area contributed by atoms with Crippen molar-refractivity contribution < 1.29 is 17.9 Å². The number of hydrogen-bond acceptors (Lipinski definition) is 4. The van der Waals surface area contributed by atoms with Crippen LogP contribution in [0.3, 0.4) is 0 Å². The highest BCUT2D eigenvalue weighted by molar-refractivity contribution is 7.88. The van der Waals surface area contributed by atoms with E-state index in [9.17, 15) is 13.2 Å². The second-order valence-electron chi connectivity index (χ2n) is 6.81. The van der Waals surface area contributed by atoms with Crippen molar-refractivity contribution in [2.24, 2.45) is 0 Å². The Morgan fingerprint density at radius 2 is 1.57 bits per heavy atom. The molecule has 1 saturated heterocycles. The first-order chi connectivity index (χ1) is 13.5. The Labute approximate surface area is 166 Å². The van der Waals surface area contributed by atoms with E-state index < -0.39 is 10.0 Å². The summed E-state index contributed by atoms with van der Waals surface area (Å²) in [5, 5.41) is 0. The lowest BCUT2D eigenvalue weighted by molar-refractivity contribution is -0.134. The molecule has 0 atom stereocenters. The van der Waals surface area contributed by atoms with Crippen LogP contribution in [-0.4, -0.2) is 56.3 Å². The Bertz CT molecular complexity index is 874. The van der Waals surface area contributed by atoms with Crippen LogP contribution in [0, 0.1) is 0 Å². The van der Waals surface area contributed by atoms with E-state index in [0.717, 1.165) is 12.0 Å². The SMILES string of the molecule is CCc1ccc(OCC(=O)N2CCN(S(=O)(=O)Cc3ccccc3)CC2)cc1. The third kappa shape index (κ3) is 5.33. The molecule has 0 unspecified atom stereocenters. The Morgan fingerprint density at radius 3 is 2.18 bits per heavy atom. The third-order valence-corrected chi connectivity index (χ3v) is 6.72. The summed E-state index contributed by atoms with van der Waals surface area (Å²) in [6, 6.07) is 16.8. The van der Waals surface area contributed by atoms with Crippen molar-refractivity contribution in [1.82, 2.24) is 9.21 Å². The number of carbonyl (C=O) groups excluding carboxylic acids is 1. The Morgan fingerprint density at radius 1 is 0.929 bits per heavy atom. The molecule has 0 saturated carbocycles. The van der Waals surface area contributed by atoms with Crippen molar-refractivity contribution in [3.8, 4) is 5.75 Å². The molecule has 150 valence electrons. The molecular weight excluding hydrogens is 376 g/mol. The maximum absolute atomic E-state index is 12.6. The maximum atomic E-state index is 12.6. The molecule has 0 aromatic heterocycles. The number of ether oxygens (including phenoxy) is 1. The van der Waals surface area contributed by atoms with E-state index >= 15 is 0 Å². The molecule has 0 aliphatic carbocycles. The zero-order valence-corrected chi connectivity index (χ0v) is 16.9. The summed E-state index contributed by atoms with van der Waals surface area (Å²) < 4.78 is 32.2. The van der Waals surface area contributed by atoms with Gasteiger partial charge in [-0.1, -0.05) is 49.4 Å². The van der Waals surface area contributed by atoms with Crippen molar-refractivity contribution in [2.75, 3.05) is 32.8 Å². The van der Waals surface area contributed by atoms with Gasteiger partial charge in [-0.2, -0.15) is 4.31 Å². The van der Waals surface area contributed by atoms with Gasteiger partial charge in [0, 0.05) is 26.2 Å². The van der Waals surface area contributed by atoms with Crippen LogP contribution in [0.5, 0.6) is 5.75 Å². The Hall–Kier alpha value is -2.38. The molecule has 6 nitrogen and oxygen atoms in total. The van der Waals surface area contributed by atoms with E-state index in [4.69, 9.17) is 4.74 Å². The van der Waals surface area contributed by atoms with Crippen molar-refractivity contribution in [2.45, 2.75) is 19.1 Å². The molecule has 1 heterocycles. The zero-order chi connectivity index (χ0) is 20.0. The fourth-order valence-corrected chi connectivity index (χ4v) is 4.67. The monoisotopic (exact) mass is 402 g/mol. The molecule has 1 aliphatic heterocycles. The predicted octanol–water partition coefficient (Wildman–Crippen LogP) is 2.30. The minimum absolute atomic E-state index is 0.0152. The summed E-state index contributed by atoms with van der Waals surface area (Å²) in [5.74, 6) is 0.521. The van der Waals surface area contributed by atoms with Crippen LogP contribution in [0.25, 0.3) is 0 Å². The van der Waals surface area contributed by atoms with Crippen LogP contribution in [0.4, 0.5) is 0 Å². The number of amides is 1. The second-order valence-corrected chi connectivity index (χ2v) is 8.78. The lowest BCUT2D eigenvalue weighted by Gasteiger charge is -2.34. The summed E-state index contributed by atoms with van der Waals surface area (Å²) >= 11 is 0. The summed E-state index contributed by atoms with van der Waals surface area (Å²) in [4.78, 5) is 14.0. The van der Waals surface area contributed by atoms with Crippen molar-refractivity contribution >= 4 is 15.9 Å². The number of benzene rings is 2. The maximum Gasteiger partial charge on any atom is 0.260 e. The van der Waals surface area contributed by atoms with Crippen LogP contribution in [-0.2, 0) is 27.0 Å². The number of hydrogen-bond donors (Lipinski definition) is 0. The Balaban J connectivity index is 1.48. The predicted molar refractivity (Wildman–Crippen MR) is 109 cm³/mol. The molecule has 0 bridgehead atoms. The molecule has 1 aliphatic rings. The van der Waals surface area contributed by atoms with Gasteiger partial charge in [0.05, 0.1) is 5.75 Å². The van der Waals surface area contributed by atoms with Crippen LogP contribution >= 0.6 is 0 Å². The highest BCUT2D eigenvalue weighted by Gasteiger charge is 2.29. The second kappa shape index (κ2) is 9.21. The average molecular weight is 403 g/mol. The highest BCUT2D eigenvalue weighted by Crippen LogP contribution is 2.15. The van der Waals surface area contributed by atoms with Gasteiger partial charge >= 0.3 is 0 Å². The first kappa shape index (κ1) is 20.4. The number of nitrogens with zero attached hydrogens (tertiary/aromatic N) is 2. The van der Waals surface area contributed by atoms with E-state index in [1.54, 1.807) is 4.90 Å². The number of rotatable bonds is 7. The molecular formula is C21H26N2O4S. The zero-order valence-electron chi connectivity index (χ0n) is 16.1. The lowest BCUT2D eigenvalue weighted by Crippen LogP contribution is -2.51. The molecule has 0 spiro atoms. The van der Waals surface area contributed by atoms with Gasteiger partial charge in [0.25, 0.3) is 5.91 Å². The fourth-order valence-electron chi connectivity index (χ4n) is 3.15. The van der Waals surface area contributed by atoms with Gasteiger partial charge < -0.3 is 9.64 Å². The first-order valence-corrected chi connectivity index (χ1v) is 11.1. The molecule has 3 rings (SSSR count). The quantitative estimate of drug-likeness (QED) is 0.713. The largest absolute Gasteiger partial charge is 0.484 e. The number of aryl methyl sites for hydroxylation is 1. The van der Waals surface area contributed by atoms with E-state index in [1.165, 1.54) is 9.87 Å². The summed E-state index contributed by atoms with van der Waals surface area (Å²) in [7, 11) is -3.38. The smallest absolute Gasteiger partial charge is 0.260 e. The van der Waals surface area contributed by atoms with Gasteiger partial charge in [0.2, 0.25) is 10.0 Å². The van der Waals surface area contributed by atoms with Gasteiger partial charge in [0.15, 0.2) is 6.61 Å². The van der Waals surface area contributed by atoms with Crippen molar-refractivity contribution in [1.29, 1.82) is 0 Å². The van der Waals surface area contributed by atoms with Crippen molar-refractivity contribution in [3.05, 3.63) is 65.7 Å². The van der Waals surface area contributed by atoms with E-state index in [0.29, 0.717) is 31.9 Å². The van der Waals surface area contributed by atoms with Gasteiger partial charge in [-0.05, 0) is 29.7 Å². The number of sulfonamides is 1. The van der Waals surface area contributed by atoms with Gasteiger partial charge in [0.1, 0.15) is 5.75 Å². The molecule has 2 aromatic rings. The molecule has 0 radical (unpaired) electrons. The van der Waals surface area contributed by atoms with Crippen LogP contribution in [0.1, 0.15) is 18.1 Å². The Kier molecular flexibility index (Phi) is 6.70. The van der Waals surface area contributed by atoms with E-state index in [2.05, 4.69) is 6.92 Å². The molecule has 28 heavy (non-hydrogen) atoms. The lowest BCUT2D eigenvalue weighted by atomic mass is 10.2. The summed E-state index contributed by atoms with van der Waals surface area (Å²) in [6.45, 7) is 3.43. The summed E-state index contributed by atoms with van der Waals surface area (Å²) in [5.41, 5.74) is 1.98. The van der Waals surface area contributed by atoms with Crippen LogP contribution in [0.2, 0.25) is 0 Å². The van der Waals surface area contributed by atoms with Crippen LogP contribution in [0.15, 0.2) is 54.6 Å². The van der Waals surface area contributed by atoms with Gasteiger partial charge in [-0.25, -0.2) is 8.42 Å². The van der Waals surface area contributed by atoms with Gasteiger partial charge in [-0.3, -0.25) is 4.79 Å². The first-order valence-electron chi connectivity index (χ1n) is 9.49. The molecule has 1 amide bonds. The minimum atomic E-state index is -3.38. The average Bonchev–Trinajstić information content (AvgIpc) is 2.73. The molecule has 1 fully saturated rings. The molecule has 0 N–H and O–H groups in total. The van der Waals surface area contributed by atoms with Crippen molar-refractivity contribution in [3.63, 3.8) is 0 Å². The number of piperazine rings is 1. The van der Waals surface area contributed by atoms with Crippen LogP contribution < -0.4 is 4.74 Å². The molecule has 7 heteroatoms. The topological polar surface area (TPSA) is 66.9 Å². The van der Waals surface area contributed by atoms with Gasteiger partial charge in [-0.15, -0.1) is 0 Å². The third-order valence-electron chi connectivity index (χ3n) is 4.87. The standard InChI is InChI=1S/C21H26N2O4S/c1-2-18-8-10-20(11-9-18)27-16-21(24)22-12-14-23(15-13-22)28(25,26)17-19-6-4-3-5-7-19/h3-11H,2,12-17H2,1H3. The van der Waals surface area contributed by atoms with E-state index in [1.807, 2.05) is 54.6 Å². The normalized spacial score (nSPS) is 15.4. The van der Waals surface area contributed by atoms with E-state index in [-0.39, 0.29) is 18.3 Å². The minimum Gasteiger partial charge on any atom is -0.484 e. The highest BCUT2D eigenvalue weighted by atomic mass is 32.2.